The highest BCUT2D eigenvalue weighted by atomic mass is 16.1. The van der Waals surface area contributed by atoms with Gasteiger partial charge in [0.2, 0.25) is 0 Å². The lowest BCUT2D eigenvalue weighted by Crippen LogP contribution is -1.98. The van der Waals surface area contributed by atoms with Gasteiger partial charge in [0, 0.05) is 6.42 Å². The number of ketones is 1. The number of allylic oxidation sites excluding steroid dienone is 2. The van der Waals surface area contributed by atoms with Gasteiger partial charge in [-0.1, -0.05) is 51.0 Å². The molecule has 0 spiro atoms. The van der Waals surface area contributed by atoms with Crippen LogP contribution in [0.25, 0.3) is 0 Å². The van der Waals surface area contributed by atoms with Crippen molar-refractivity contribution in [1.82, 2.24) is 0 Å². The molecule has 0 unspecified atom stereocenters. The summed E-state index contributed by atoms with van der Waals surface area (Å²) in [5.74, 6) is 0.372. The zero-order valence-electron chi connectivity index (χ0n) is 11.5. The highest BCUT2D eigenvalue weighted by molar-refractivity contribution is 5.90. The van der Waals surface area contributed by atoms with Gasteiger partial charge in [0.1, 0.15) is 0 Å². The molecule has 98 valence electrons. The summed E-state index contributed by atoms with van der Waals surface area (Å²) in [5, 5.41) is 0. The van der Waals surface area contributed by atoms with E-state index in [1.54, 1.807) is 0 Å². The largest absolute Gasteiger partial charge is 0.295 e. The van der Waals surface area contributed by atoms with Crippen LogP contribution in [0.4, 0.5) is 0 Å². The van der Waals surface area contributed by atoms with Gasteiger partial charge in [0.05, 0.1) is 0 Å². The fourth-order valence-electron chi connectivity index (χ4n) is 2.51. The molecule has 1 nitrogen and oxygen atoms in total. The maximum Gasteiger partial charge on any atom is 0.155 e. The minimum Gasteiger partial charge on any atom is -0.295 e. The Kier molecular flexibility index (Phi) is 8.04. The number of hydrogen-bond donors (Lipinski definition) is 0. The molecule has 1 aliphatic rings. The second-order valence-corrected chi connectivity index (χ2v) is 5.35. The third-order valence-electron chi connectivity index (χ3n) is 3.64. The molecule has 0 atom stereocenters. The first-order chi connectivity index (χ1) is 8.33. The number of rotatable bonds is 3. The van der Waals surface area contributed by atoms with Crippen molar-refractivity contribution in [3.05, 3.63) is 11.6 Å². The lowest BCUT2D eigenvalue weighted by atomic mass is 9.97. The molecule has 1 heteroatoms. The van der Waals surface area contributed by atoms with E-state index < -0.39 is 0 Å². The van der Waals surface area contributed by atoms with Crippen molar-refractivity contribution in [2.45, 2.75) is 84.0 Å². The van der Waals surface area contributed by atoms with Crippen molar-refractivity contribution in [3.63, 3.8) is 0 Å². The number of carbonyl (C=O) groups is 1. The smallest absolute Gasteiger partial charge is 0.155 e. The molecule has 0 amide bonds. The van der Waals surface area contributed by atoms with E-state index in [0.29, 0.717) is 5.78 Å². The van der Waals surface area contributed by atoms with Crippen LogP contribution in [0.15, 0.2) is 11.6 Å². The van der Waals surface area contributed by atoms with Gasteiger partial charge in [-0.15, -0.1) is 0 Å². The summed E-state index contributed by atoms with van der Waals surface area (Å²) in [4.78, 5) is 11.8. The molecule has 0 aliphatic heterocycles. The van der Waals surface area contributed by atoms with Gasteiger partial charge in [0.25, 0.3) is 0 Å². The van der Waals surface area contributed by atoms with Gasteiger partial charge in [-0.3, -0.25) is 4.79 Å². The molecule has 0 N–H and O–H groups in total. The van der Waals surface area contributed by atoms with Crippen molar-refractivity contribution < 1.29 is 4.79 Å². The first-order valence-electron chi connectivity index (χ1n) is 7.55. The molecule has 0 aromatic heterocycles. The quantitative estimate of drug-likeness (QED) is 0.658. The second kappa shape index (κ2) is 9.44. The molecule has 0 heterocycles. The van der Waals surface area contributed by atoms with Gasteiger partial charge in [0.15, 0.2) is 5.78 Å². The Balaban J connectivity index is 2.48. The Morgan fingerprint density at radius 1 is 0.941 bits per heavy atom. The Labute approximate surface area is 107 Å². The van der Waals surface area contributed by atoms with E-state index in [9.17, 15) is 4.79 Å². The molecule has 1 rings (SSSR count). The fraction of sp³-hybridized carbons (Fsp3) is 0.812. The van der Waals surface area contributed by atoms with E-state index in [2.05, 4.69) is 6.92 Å². The standard InChI is InChI=1S/C16H28O/c1-2-3-11-15-12-9-7-5-4-6-8-10-13-16(17)14-15/h14H,2-13H2,1H3. The summed E-state index contributed by atoms with van der Waals surface area (Å²) in [6.07, 6.45) is 16.5. The maximum atomic E-state index is 11.8. The fourth-order valence-corrected chi connectivity index (χ4v) is 2.51. The summed E-state index contributed by atoms with van der Waals surface area (Å²) in [6, 6.07) is 0. The van der Waals surface area contributed by atoms with E-state index in [0.717, 1.165) is 25.7 Å². The van der Waals surface area contributed by atoms with Crippen LogP contribution in [0, 0.1) is 0 Å². The number of hydrogen-bond acceptors (Lipinski definition) is 1. The second-order valence-electron chi connectivity index (χ2n) is 5.35. The van der Waals surface area contributed by atoms with E-state index in [4.69, 9.17) is 0 Å². The van der Waals surface area contributed by atoms with Crippen molar-refractivity contribution in [2.75, 3.05) is 0 Å². The van der Waals surface area contributed by atoms with E-state index in [1.165, 1.54) is 56.9 Å². The zero-order valence-corrected chi connectivity index (χ0v) is 11.5. The topological polar surface area (TPSA) is 17.1 Å². The first-order valence-corrected chi connectivity index (χ1v) is 7.55. The van der Waals surface area contributed by atoms with Gasteiger partial charge < -0.3 is 0 Å². The molecule has 0 bridgehead atoms. The van der Waals surface area contributed by atoms with E-state index in [-0.39, 0.29) is 0 Å². The SMILES string of the molecule is CCCCC1=CC(=O)CCCCCCCCC1. The van der Waals surface area contributed by atoms with Gasteiger partial charge in [-0.05, 0) is 38.2 Å². The van der Waals surface area contributed by atoms with Crippen LogP contribution < -0.4 is 0 Å². The van der Waals surface area contributed by atoms with Crippen molar-refractivity contribution >= 4 is 5.78 Å². The molecule has 0 aromatic rings. The van der Waals surface area contributed by atoms with Crippen LogP contribution >= 0.6 is 0 Å². The van der Waals surface area contributed by atoms with E-state index >= 15 is 0 Å². The molecule has 0 fully saturated rings. The highest BCUT2D eigenvalue weighted by Crippen LogP contribution is 2.19. The van der Waals surface area contributed by atoms with E-state index in [1.807, 2.05) is 6.08 Å². The van der Waals surface area contributed by atoms with Crippen LogP contribution in [0.5, 0.6) is 0 Å². The third kappa shape index (κ3) is 7.36. The summed E-state index contributed by atoms with van der Waals surface area (Å²) in [7, 11) is 0. The molecule has 0 radical (unpaired) electrons. The zero-order chi connectivity index (χ0) is 12.3. The summed E-state index contributed by atoms with van der Waals surface area (Å²) in [6.45, 7) is 2.22. The molecule has 0 saturated heterocycles. The minimum atomic E-state index is 0.372. The Morgan fingerprint density at radius 2 is 1.53 bits per heavy atom. The average molecular weight is 236 g/mol. The predicted octanol–water partition coefficient (Wildman–Crippen LogP) is 5.20. The van der Waals surface area contributed by atoms with Crippen LogP contribution in [0.1, 0.15) is 84.0 Å². The van der Waals surface area contributed by atoms with Gasteiger partial charge >= 0.3 is 0 Å². The Bertz CT molecular complexity index is 240. The molecule has 0 saturated carbocycles. The molecule has 17 heavy (non-hydrogen) atoms. The number of carbonyl (C=O) groups excluding carboxylic acids is 1. The van der Waals surface area contributed by atoms with Crippen molar-refractivity contribution in [3.8, 4) is 0 Å². The van der Waals surface area contributed by atoms with Crippen molar-refractivity contribution in [1.29, 1.82) is 0 Å². The summed E-state index contributed by atoms with van der Waals surface area (Å²) >= 11 is 0. The molecular formula is C16H28O. The van der Waals surface area contributed by atoms with Crippen molar-refractivity contribution in [2.24, 2.45) is 0 Å². The average Bonchev–Trinajstić information content (AvgIpc) is 2.31. The van der Waals surface area contributed by atoms with Gasteiger partial charge in [-0.25, -0.2) is 0 Å². The van der Waals surface area contributed by atoms with Crippen LogP contribution in [0.2, 0.25) is 0 Å². The van der Waals surface area contributed by atoms with Crippen LogP contribution in [-0.2, 0) is 4.79 Å². The third-order valence-corrected chi connectivity index (χ3v) is 3.64. The van der Waals surface area contributed by atoms with Crippen LogP contribution in [0.3, 0.4) is 0 Å². The molecule has 0 aromatic carbocycles. The maximum absolute atomic E-state index is 11.8. The Hall–Kier alpha value is -0.590. The number of unbranched alkanes of at least 4 members (excludes halogenated alkanes) is 1. The lowest BCUT2D eigenvalue weighted by molar-refractivity contribution is -0.114. The minimum absolute atomic E-state index is 0.372. The van der Waals surface area contributed by atoms with Gasteiger partial charge in [-0.2, -0.15) is 0 Å². The summed E-state index contributed by atoms with van der Waals surface area (Å²) in [5.41, 5.74) is 1.41. The summed E-state index contributed by atoms with van der Waals surface area (Å²) < 4.78 is 0. The first kappa shape index (κ1) is 14.5. The van der Waals surface area contributed by atoms with Crippen LogP contribution in [-0.4, -0.2) is 5.78 Å². The Morgan fingerprint density at radius 3 is 2.18 bits per heavy atom. The molecular weight excluding hydrogens is 208 g/mol. The monoisotopic (exact) mass is 236 g/mol. The normalized spacial score (nSPS) is 20.3. The predicted molar refractivity (Wildman–Crippen MR) is 74.2 cm³/mol. The highest BCUT2D eigenvalue weighted by Gasteiger charge is 2.04. The lowest BCUT2D eigenvalue weighted by Gasteiger charge is -2.09. The molecule has 1 aliphatic carbocycles.